The van der Waals surface area contributed by atoms with Crippen molar-refractivity contribution in [1.82, 2.24) is 10.3 Å². The fraction of sp³-hybridized carbons (Fsp3) is 0.238. The average molecular weight is 398 g/mol. The van der Waals surface area contributed by atoms with Crippen LogP contribution in [-0.2, 0) is 16.8 Å². The second-order valence-corrected chi connectivity index (χ2v) is 7.76. The van der Waals surface area contributed by atoms with Crippen LogP contribution in [0.15, 0.2) is 48.5 Å². The van der Waals surface area contributed by atoms with E-state index in [1.54, 1.807) is 24.3 Å². The van der Waals surface area contributed by atoms with Gasteiger partial charge in [0.25, 0.3) is 5.91 Å². The summed E-state index contributed by atoms with van der Waals surface area (Å²) in [6, 6.07) is 14.1. The molecular formula is C21H20ClN3O3. The molecule has 0 saturated heterocycles. The molecule has 1 heterocycles. The Balaban J connectivity index is 1.59. The molecule has 1 aliphatic rings. The number of primary amides is 1. The summed E-state index contributed by atoms with van der Waals surface area (Å²) in [5.74, 6) is -0.866. The first-order valence-corrected chi connectivity index (χ1v) is 9.40. The molecule has 4 rings (SSSR count). The highest BCUT2D eigenvalue weighted by atomic mass is 35.5. The van der Waals surface area contributed by atoms with Crippen LogP contribution < -0.4 is 11.1 Å². The molecule has 0 fully saturated rings. The SMILES string of the molecule is NC(=O)C[C@@]1(O)CC(NC(=O)c2cc3cc(Cl)ccc3[nH]2)Cc2ccccc21. The first-order chi connectivity index (χ1) is 13.3. The molecule has 2 aromatic carbocycles. The number of aliphatic hydroxyl groups is 1. The third kappa shape index (κ3) is 3.48. The number of hydrogen-bond acceptors (Lipinski definition) is 3. The van der Waals surface area contributed by atoms with Crippen LogP contribution in [0.1, 0.15) is 34.5 Å². The van der Waals surface area contributed by atoms with Gasteiger partial charge in [-0.05, 0) is 41.8 Å². The fourth-order valence-electron chi connectivity index (χ4n) is 4.05. The molecule has 0 saturated carbocycles. The normalized spacial score (nSPS) is 21.3. The Morgan fingerprint density at radius 1 is 1.25 bits per heavy atom. The van der Waals surface area contributed by atoms with Gasteiger partial charge in [-0.2, -0.15) is 0 Å². The monoisotopic (exact) mass is 397 g/mol. The van der Waals surface area contributed by atoms with Crippen molar-refractivity contribution in [2.45, 2.75) is 30.9 Å². The predicted octanol–water partition coefficient (Wildman–Crippen LogP) is 2.63. The molecule has 6 nitrogen and oxygen atoms in total. The van der Waals surface area contributed by atoms with Gasteiger partial charge < -0.3 is 21.1 Å². The maximum absolute atomic E-state index is 12.8. The molecule has 144 valence electrons. The minimum Gasteiger partial charge on any atom is -0.385 e. The van der Waals surface area contributed by atoms with Crippen molar-refractivity contribution >= 4 is 34.3 Å². The van der Waals surface area contributed by atoms with E-state index in [-0.39, 0.29) is 24.8 Å². The highest BCUT2D eigenvalue weighted by Gasteiger charge is 2.40. The van der Waals surface area contributed by atoms with Crippen molar-refractivity contribution in [1.29, 1.82) is 0 Å². The zero-order valence-electron chi connectivity index (χ0n) is 15.0. The number of fused-ring (bicyclic) bond motifs is 2. The van der Waals surface area contributed by atoms with Gasteiger partial charge in [-0.1, -0.05) is 35.9 Å². The predicted molar refractivity (Wildman–Crippen MR) is 107 cm³/mol. The summed E-state index contributed by atoms with van der Waals surface area (Å²) in [6.45, 7) is 0. The maximum Gasteiger partial charge on any atom is 0.267 e. The van der Waals surface area contributed by atoms with Gasteiger partial charge in [0.05, 0.1) is 6.42 Å². The number of benzene rings is 2. The number of hydrogen-bond donors (Lipinski definition) is 4. The molecular weight excluding hydrogens is 378 g/mol. The third-order valence-electron chi connectivity index (χ3n) is 5.20. The highest BCUT2D eigenvalue weighted by Crippen LogP contribution is 2.38. The Morgan fingerprint density at radius 3 is 2.82 bits per heavy atom. The van der Waals surface area contributed by atoms with Gasteiger partial charge in [-0.25, -0.2) is 0 Å². The molecule has 0 aliphatic heterocycles. The molecule has 28 heavy (non-hydrogen) atoms. The highest BCUT2D eigenvalue weighted by molar-refractivity contribution is 6.31. The Bertz CT molecular complexity index is 1080. The number of amides is 2. The van der Waals surface area contributed by atoms with Gasteiger partial charge in [0.1, 0.15) is 11.3 Å². The second-order valence-electron chi connectivity index (χ2n) is 7.33. The van der Waals surface area contributed by atoms with Gasteiger partial charge >= 0.3 is 0 Å². The fourth-order valence-corrected chi connectivity index (χ4v) is 4.23. The number of nitrogens with one attached hydrogen (secondary N) is 2. The number of carbonyl (C=O) groups is 2. The molecule has 1 unspecified atom stereocenters. The number of nitrogens with two attached hydrogens (primary N) is 1. The summed E-state index contributed by atoms with van der Waals surface area (Å²) in [6.07, 6.45) is 0.584. The second kappa shape index (κ2) is 6.96. The van der Waals surface area contributed by atoms with Crippen molar-refractivity contribution in [3.05, 3.63) is 70.4 Å². The van der Waals surface area contributed by atoms with Crippen molar-refractivity contribution < 1.29 is 14.7 Å². The number of halogens is 1. The molecule has 7 heteroatoms. The topological polar surface area (TPSA) is 108 Å². The summed E-state index contributed by atoms with van der Waals surface area (Å²) in [7, 11) is 0. The smallest absolute Gasteiger partial charge is 0.267 e. The molecule has 0 radical (unpaired) electrons. The van der Waals surface area contributed by atoms with E-state index in [4.69, 9.17) is 17.3 Å². The lowest BCUT2D eigenvalue weighted by molar-refractivity contribution is -0.124. The van der Waals surface area contributed by atoms with E-state index in [0.29, 0.717) is 22.7 Å². The van der Waals surface area contributed by atoms with Gasteiger partial charge in [0.15, 0.2) is 0 Å². The lowest BCUT2D eigenvalue weighted by Gasteiger charge is -2.38. The van der Waals surface area contributed by atoms with Crippen LogP contribution in [0.3, 0.4) is 0 Å². The zero-order valence-corrected chi connectivity index (χ0v) is 15.8. The van der Waals surface area contributed by atoms with E-state index in [2.05, 4.69) is 10.3 Å². The lowest BCUT2D eigenvalue weighted by Crippen LogP contribution is -2.47. The summed E-state index contributed by atoms with van der Waals surface area (Å²) in [5.41, 5.74) is 6.77. The Labute approximate surface area is 166 Å². The molecule has 0 spiro atoms. The number of rotatable bonds is 4. The average Bonchev–Trinajstić information content (AvgIpc) is 3.04. The van der Waals surface area contributed by atoms with Gasteiger partial charge in [0.2, 0.25) is 5.91 Å². The molecule has 1 aliphatic carbocycles. The quantitative estimate of drug-likeness (QED) is 0.543. The zero-order chi connectivity index (χ0) is 19.9. The molecule has 5 N–H and O–H groups in total. The van der Waals surface area contributed by atoms with Crippen molar-refractivity contribution in [3.63, 3.8) is 0 Å². The summed E-state index contributed by atoms with van der Waals surface area (Å²) in [4.78, 5) is 27.4. The van der Waals surface area contributed by atoms with E-state index in [0.717, 1.165) is 16.5 Å². The van der Waals surface area contributed by atoms with E-state index >= 15 is 0 Å². The minimum absolute atomic E-state index is 0.193. The number of aromatic nitrogens is 1. The van der Waals surface area contributed by atoms with Crippen molar-refractivity contribution in [3.8, 4) is 0 Å². The first-order valence-electron chi connectivity index (χ1n) is 9.02. The van der Waals surface area contributed by atoms with Gasteiger partial charge in [-0.3, -0.25) is 9.59 Å². The van der Waals surface area contributed by atoms with Crippen molar-refractivity contribution in [2.24, 2.45) is 5.73 Å². The van der Waals surface area contributed by atoms with Crippen LogP contribution in [0, 0.1) is 0 Å². The molecule has 3 aromatic rings. The summed E-state index contributed by atoms with van der Waals surface area (Å²) in [5, 5.41) is 15.5. The Morgan fingerprint density at radius 2 is 2.04 bits per heavy atom. The lowest BCUT2D eigenvalue weighted by atomic mass is 9.75. The largest absolute Gasteiger partial charge is 0.385 e. The Hall–Kier alpha value is -2.83. The number of aromatic amines is 1. The Kier molecular flexibility index (Phi) is 4.61. The van der Waals surface area contributed by atoms with Gasteiger partial charge in [0, 0.05) is 28.4 Å². The van der Waals surface area contributed by atoms with Crippen molar-refractivity contribution in [2.75, 3.05) is 0 Å². The van der Waals surface area contributed by atoms with Crippen LogP contribution in [-0.4, -0.2) is 27.9 Å². The molecule has 2 atom stereocenters. The van der Waals surface area contributed by atoms with E-state index in [1.807, 2.05) is 24.3 Å². The molecule has 0 bridgehead atoms. The maximum atomic E-state index is 12.8. The molecule has 2 amide bonds. The number of H-pyrrole nitrogens is 1. The molecule has 1 aromatic heterocycles. The van der Waals surface area contributed by atoms with Crippen LogP contribution in [0.4, 0.5) is 0 Å². The first kappa shape index (κ1) is 18.5. The van der Waals surface area contributed by atoms with Crippen LogP contribution >= 0.6 is 11.6 Å². The standard InChI is InChI=1S/C21H20ClN3O3/c22-14-5-6-17-13(7-14)9-18(25-17)20(27)24-15-8-12-3-1-2-4-16(12)21(28,10-15)11-19(23)26/h1-7,9,15,25,28H,8,10-11H2,(H2,23,26)(H,24,27)/t15?,21-/m0/s1. The van der Waals surface area contributed by atoms with E-state index in [9.17, 15) is 14.7 Å². The minimum atomic E-state index is -1.40. The third-order valence-corrected chi connectivity index (χ3v) is 5.43. The van der Waals surface area contributed by atoms with E-state index < -0.39 is 11.5 Å². The van der Waals surface area contributed by atoms with Gasteiger partial charge in [-0.15, -0.1) is 0 Å². The summed E-state index contributed by atoms with van der Waals surface area (Å²) >= 11 is 6.00. The van der Waals surface area contributed by atoms with Crippen LogP contribution in [0.25, 0.3) is 10.9 Å². The summed E-state index contributed by atoms with van der Waals surface area (Å²) < 4.78 is 0. The van der Waals surface area contributed by atoms with E-state index in [1.165, 1.54) is 0 Å². The van der Waals surface area contributed by atoms with Crippen LogP contribution in [0.2, 0.25) is 5.02 Å². The van der Waals surface area contributed by atoms with Crippen LogP contribution in [0.5, 0.6) is 0 Å². The number of carbonyl (C=O) groups excluding carboxylic acids is 2.